The monoisotopic (exact) mass is 292 g/mol. The fraction of sp³-hybridized carbons (Fsp3) is 1.00. The molecule has 2 aliphatic carbocycles. The van der Waals surface area contributed by atoms with Crippen LogP contribution in [0.1, 0.15) is 85.0 Å². The van der Waals surface area contributed by atoms with Gasteiger partial charge in [-0.3, -0.25) is 4.90 Å². The Morgan fingerprint density at radius 2 is 1.81 bits per heavy atom. The van der Waals surface area contributed by atoms with Crippen LogP contribution in [0.15, 0.2) is 0 Å². The minimum absolute atomic E-state index is 0.464. The Hall–Kier alpha value is -0.0800. The van der Waals surface area contributed by atoms with Gasteiger partial charge in [0.15, 0.2) is 0 Å². The van der Waals surface area contributed by atoms with Crippen LogP contribution >= 0.6 is 0 Å². The van der Waals surface area contributed by atoms with Crippen molar-refractivity contribution in [3.63, 3.8) is 0 Å². The fourth-order valence-electron chi connectivity index (χ4n) is 5.30. The molecule has 0 aromatic carbocycles. The highest BCUT2D eigenvalue weighted by molar-refractivity contribution is 5.02. The van der Waals surface area contributed by atoms with Crippen LogP contribution in [-0.4, -0.2) is 35.6 Å². The zero-order valence-corrected chi connectivity index (χ0v) is 14.6. The standard InChI is InChI=1S/C19H36N2/c1-4-16-14-20-19(11-6-5-7-12-19)15-21(16)17-9-8-10-18(2,3)13-17/h16-17,20H,4-15H2,1-3H3. The third kappa shape index (κ3) is 3.47. The van der Waals surface area contributed by atoms with E-state index in [1.54, 1.807) is 0 Å². The van der Waals surface area contributed by atoms with Gasteiger partial charge in [-0.2, -0.15) is 0 Å². The predicted molar refractivity (Wildman–Crippen MR) is 90.6 cm³/mol. The summed E-state index contributed by atoms with van der Waals surface area (Å²) in [4.78, 5) is 2.95. The first-order valence-corrected chi connectivity index (χ1v) is 9.54. The summed E-state index contributed by atoms with van der Waals surface area (Å²) in [6.45, 7) is 9.91. The highest BCUT2D eigenvalue weighted by atomic mass is 15.3. The zero-order valence-electron chi connectivity index (χ0n) is 14.6. The van der Waals surface area contributed by atoms with Crippen molar-refractivity contribution in [1.29, 1.82) is 0 Å². The van der Waals surface area contributed by atoms with Crippen molar-refractivity contribution in [2.24, 2.45) is 5.41 Å². The maximum Gasteiger partial charge on any atom is 0.0309 e. The highest BCUT2D eigenvalue weighted by Crippen LogP contribution is 2.40. The van der Waals surface area contributed by atoms with E-state index in [-0.39, 0.29) is 0 Å². The zero-order chi connectivity index (χ0) is 14.9. The van der Waals surface area contributed by atoms with Gasteiger partial charge in [-0.25, -0.2) is 0 Å². The van der Waals surface area contributed by atoms with Crippen molar-refractivity contribution in [3.05, 3.63) is 0 Å². The minimum Gasteiger partial charge on any atom is -0.308 e. The predicted octanol–water partition coefficient (Wildman–Crippen LogP) is 4.34. The van der Waals surface area contributed by atoms with Gasteiger partial charge in [-0.1, -0.05) is 46.5 Å². The smallest absolute Gasteiger partial charge is 0.0309 e. The lowest BCUT2D eigenvalue weighted by atomic mass is 9.73. The molecule has 1 N–H and O–H groups in total. The number of piperazine rings is 1. The Kier molecular flexibility index (Phi) is 4.66. The Balaban J connectivity index is 1.73. The molecule has 122 valence electrons. The molecule has 3 fully saturated rings. The lowest BCUT2D eigenvalue weighted by molar-refractivity contribution is -0.00736. The number of nitrogens with zero attached hydrogens (tertiary/aromatic N) is 1. The summed E-state index contributed by atoms with van der Waals surface area (Å²) in [5.41, 5.74) is 1.03. The van der Waals surface area contributed by atoms with Gasteiger partial charge in [-0.15, -0.1) is 0 Å². The summed E-state index contributed by atoms with van der Waals surface area (Å²) in [6.07, 6.45) is 14.2. The lowest BCUT2D eigenvalue weighted by Gasteiger charge is -2.54. The molecule has 2 heteroatoms. The molecule has 1 saturated heterocycles. The summed E-state index contributed by atoms with van der Waals surface area (Å²) in [5, 5.41) is 3.98. The van der Waals surface area contributed by atoms with Crippen LogP contribution in [0.4, 0.5) is 0 Å². The van der Waals surface area contributed by atoms with E-state index in [0.717, 1.165) is 12.1 Å². The van der Waals surface area contributed by atoms with Gasteiger partial charge >= 0.3 is 0 Å². The van der Waals surface area contributed by atoms with E-state index >= 15 is 0 Å². The first-order valence-electron chi connectivity index (χ1n) is 9.54. The average molecular weight is 293 g/mol. The van der Waals surface area contributed by atoms with Crippen molar-refractivity contribution in [2.45, 2.75) is 103 Å². The molecule has 3 aliphatic rings. The average Bonchev–Trinajstić information content (AvgIpc) is 2.47. The van der Waals surface area contributed by atoms with Gasteiger partial charge in [0.2, 0.25) is 0 Å². The SMILES string of the molecule is CCC1CNC2(CCCCC2)CN1C1CCCC(C)(C)C1. The topological polar surface area (TPSA) is 15.3 Å². The first kappa shape index (κ1) is 15.8. The van der Waals surface area contributed by atoms with Crippen LogP contribution in [0, 0.1) is 5.41 Å². The maximum atomic E-state index is 3.98. The molecule has 0 aromatic rings. The van der Waals surface area contributed by atoms with Crippen molar-refractivity contribution >= 4 is 0 Å². The molecule has 1 spiro atoms. The van der Waals surface area contributed by atoms with Gasteiger partial charge in [0.05, 0.1) is 0 Å². The number of hydrogen-bond acceptors (Lipinski definition) is 2. The van der Waals surface area contributed by atoms with E-state index in [2.05, 4.69) is 31.0 Å². The molecule has 0 radical (unpaired) electrons. The number of hydrogen-bond donors (Lipinski definition) is 1. The molecule has 0 amide bonds. The van der Waals surface area contributed by atoms with Gasteiger partial charge < -0.3 is 5.32 Å². The molecule has 1 heterocycles. The minimum atomic E-state index is 0.464. The van der Waals surface area contributed by atoms with E-state index in [4.69, 9.17) is 0 Å². The molecule has 2 atom stereocenters. The number of nitrogens with one attached hydrogen (secondary N) is 1. The van der Waals surface area contributed by atoms with Gasteiger partial charge in [0.25, 0.3) is 0 Å². The largest absolute Gasteiger partial charge is 0.308 e. The normalized spacial score (nSPS) is 36.7. The third-order valence-corrected chi connectivity index (χ3v) is 6.60. The van der Waals surface area contributed by atoms with Crippen molar-refractivity contribution in [3.8, 4) is 0 Å². The molecule has 0 aromatic heterocycles. The molecular weight excluding hydrogens is 256 g/mol. The van der Waals surface area contributed by atoms with Gasteiger partial charge in [0.1, 0.15) is 0 Å². The molecular formula is C19H36N2. The van der Waals surface area contributed by atoms with Crippen molar-refractivity contribution < 1.29 is 0 Å². The second-order valence-electron chi connectivity index (χ2n) is 8.87. The summed E-state index contributed by atoms with van der Waals surface area (Å²) >= 11 is 0. The quantitative estimate of drug-likeness (QED) is 0.814. The molecule has 2 unspecified atom stereocenters. The summed E-state index contributed by atoms with van der Waals surface area (Å²) in [6, 6.07) is 1.62. The van der Waals surface area contributed by atoms with Crippen LogP contribution in [-0.2, 0) is 0 Å². The molecule has 0 bridgehead atoms. The first-order chi connectivity index (χ1) is 10.0. The molecule has 21 heavy (non-hydrogen) atoms. The van der Waals surface area contributed by atoms with E-state index < -0.39 is 0 Å². The fourth-order valence-corrected chi connectivity index (χ4v) is 5.30. The second kappa shape index (κ2) is 6.20. The molecule has 2 saturated carbocycles. The van der Waals surface area contributed by atoms with E-state index in [9.17, 15) is 0 Å². The highest BCUT2D eigenvalue weighted by Gasteiger charge is 2.43. The second-order valence-corrected chi connectivity index (χ2v) is 8.87. The van der Waals surface area contributed by atoms with Crippen LogP contribution < -0.4 is 5.32 Å². The van der Waals surface area contributed by atoms with E-state index in [1.807, 2.05) is 0 Å². The molecule has 2 nitrogen and oxygen atoms in total. The summed E-state index contributed by atoms with van der Waals surface area (Å²) in [7, 11) is 0. The van der Waals surface area contributed by atoms with Crippen LogP contribution in [0.3, 0.4) is 0 Å². The summed E-state index contributed by atoms with van der Waals surface area (Å²) in [5.74, 6) is 0. The van der Waals surface area contributed by atoms with Crippen LogP contribution in [0.5, 0.6) is 0 Å². The Morgan fingerprint density at radius 1 is 1.05 bits per heavy atom. The molecule has 1 aliphatic heterocycles. The van der Waals surface area contributed by atoms with Gasteiger partial charge in [0, 0.05) is 30.7 Å². The van der Waals surface area contributed by atoms with Crippen LogP contribution in [0.25, 0.3) is 0 Å². The Labute approximate surface area is 132 Å². The van der Waals surface area contributed by atoms with Crippen molar-refractivity contribution in [1.82, 2.24) is 10.2 Å². The van der Waals surface area contributed by atoms with Gasteiger partial charge in [-0.05, 0) is 43.9 Å². The Bertz CT molecular complexity index is 343. The van der Waals surface area contributed by atoms with E-state index in [1.165, 1.54) is 77.3 Å². The van der Waals surface area contributed by atoms with Crippen molar-refractivity contribution in [2.75, 3.05) is 13.1 Å². The Morgan fingerprint density at radius 3 is 2.48 bits per heavy atom. The third-order valence-electron chi connectivity index (χ3n) is 6.60. The van der Waals surface area contributed by atoms with Crippen LogP contribution in [0.2, 0.25) is 0 Å². The maximum absolute atomic E-state index is 3.98. The number of rotatable bonds is 2. The lowest BCUT2D eigenvalue weighted by Crippen LogP contribution is -2.67. The summed E-state index contributed by atoms with van der Waals surface area (Å²) < 4.78 is 0. The molecule has 3 rings (SSSR count). The van der Waals surface area contributed by atoms with E-state index in [0.29, 0.717) is 11.0 Å².